The molecule has 0 bridgehead atoms. The fourth-order valence-corrected chi connectivity index (χ4v) is 2.27. The molecule has 6 nitrogen and oxygen atoms in total. The fraction of sp³-hybridized carbons (Fsp3) is 0.250. The largest absolute Gasteiger partial charge is 0.493 e. The maximum atomic E-state index is 13.4. The molecule has 0 spiro atoms. The van der Waals surface area contributed by atoms with Crippen molar-refractivity contribution in [2.24, 2.45) is 0 Å². The van der Waals surface area contributed by atoms with Gasteiger partial charge < -0.3 is 23.7 Å². The second kappa shape index (κ2) is 10.1. The molecule has 0 heterocycles. The van der Waals surface area contributed by atoms with Crippen molar-refractivity contribution in [3.8, 4) is 23.0 Å². The highest BCUT2D eigenvalue weighted by Crippen LogP contribution is 2.38. The van der Waals surface area contributed by atoms with Crippen LogP contribution in [0, 0.1) is 5.82 Å². The highest BCUT2D eigenvalue weighted by Gasteiger charge is 2.12. The number of halogens is 1. The SMILES string of the molecule is COc1cc(C=CC(=O)OCCOc2ccccc2F)cc(OC)c1OC. The minimum atomic E-state index is -0.555. The molecule has 0 aromatic heterocycles. The van der Waals surface area contributed by atoms with Crippen molar-refractivity contribution in [1.82, 2.24) is 0 Å². The Hall–Kier alpha value is -3.22. The van der Waals surface area contributed by atoms with Crippen LogP contribution in [0.3, 0.4) is 0 Å². The maximum Gasteiger partial charge on any atom is 0.330 e. The third-order valence-electron chi connectivity index (χ3n) is 3.52. The van der Waals surface area contributed by atoms with Crippen LogP contribution >= 0.6 is 0 Å². The summed E-state index contributed by atoms with van der Waals surface area (Å²) in [6, 6.07) is 9.42. The molecular formula is C20H21FO6. The third kappa shape index (κ3) is 5.64. The number of ether oxygens (including phenoxy) is 5. The highest BCUT2D eigenvalue weighted by molar-refractivity contribution is 5.87. The first kappa shape index (κ1) is 20.1. The lowest BCUT2D eigenvalue weighted by molar-refractivity contribution is -0.138. The van der Waals surface area contributed by atoms with Gasteiger partial charge in [-0.05, 0) is 35.9 Å². The van der Waals surface area contributed by atoms with Gasteiger partial charge in [0.15, 0.2) is 23.1 Å². The molecule has 144 valence electrons. The zero-order chi connectivity index (χ0) is 19.6. The maximum absolute atomic E-state index is 13.4. The van der Waals surface area contributed by atoms with Crippen molar-refractivity contribution in [3.05, 3.63) is 53.9 Å². The van der Waals surface area contributed by atoms with Crippen LogP contribution in [0.25, 0.3) is 6.08 Å². The minimum absolute atomic E-state index is 0.00718. The van der Waals surface area contributed by atoms with Crippen LogP contribution in [0.4, 0.5) is 4.39 Å². The summed E-state index contributed by atoms with van der Waals surface area (Å²) in [6.07, 6.45) is 2.83. The Kier molecular flexibility index (Phi) is 7.49. The van der Waals surface area contributed by atoms with Crippen LogP contribution in [-0.4, -0.2) is 40.5 Å². The quantitative estimate of drug-likeness (QED) is 0.379. The van der Waals surface area contributed by atoms with Crippen molar-refractivity contribution in [3.63, 3.8) is 0 Å². The van der Waals surface area contributed by atoms with E-state index in [9.17, 15) is 9.18 Å². The summed E-state index contributed by atoms with van der Waals surface area (Å²) < 4.78 is 39.4. The van der Waals surface area contributed by atoms with Gasteiger partial charge in [-0.2, -0.15) is 0 Å². The Labute approximate surface area is 157 Å². The van der Waals surface area contributed by atoms with Gasteiger partial charge in [0.2, 0.25) is 5.75 Å². The Morgan fingerprint density at radius 2 is 1.63 bits per heavy atom. The lowest BCUT2D eigenvalue weighted by Gasteiger charge is -2.12. The van der Waals surface area contributed by atoms with E-state index in [-0.39, 0.29) is 19.0 Å². The molecule has 0 aliphatic carbocycles. The van der Waals surface area contributed by atoms with Crippen molar-refractivity contribution in [1.29, 1.82) is 0 Å². The van der Waals surface area contributed by atoms with Gasteiger partial charge in [0.25, 0.3) is 0 Å². The van der Waals surface area contributed by atoms with E-state index in [1.54, 1.807) is 30.3 Å². The lowest BCUT2D eigenvalue weighted by atomic mass is 10.1. The molecule has 2 aromatic carbocycles. The van der Waals surface area contributed by atoms with Crippen molar-refractivity contribution in [2.45, 2.75) is 0 Å². The van der Waals surface area contributed by atoms with Crippen LogP contribution in [0.15, 0.2) is 42.5 Å². The van der Waals surface area contributed by atoms with E-state index in [1.165, 1.54) is 39.5 Å². The van der Waals surface area contributed by atoms with E-state index in [1.807, 2.05) is 0 Å². The molecule has 0 saturated heterocycles. The predicted molar refractivity (Wildman–Crippen MR) is 98.0 cm³/mol. The van der Waals surface area contributed by atoms with E-state index in [4.69, 9.17) is 23.7 Å². The first-order valence-electron chi connectivity index (χ1n) is 8.11. The number of para-hydroxylation sites is 1. The Bertz CT molecular complexity index is 778. The number of methoxy groups -OCH3 is 3. The van der Waals surface area contributed by atoms with Crippen LogP contribution in [0.5, 0.6) is 23.0 Å². The average molecular weight is 376 g/mol. The van der Waals surface area contributed by atoms with Crippen LogP contribution in [0.2, 0.25) is 0 Å². The van der Waals surface area contributed by atoms with Gasteiger partial charge in [-0.3, -0.25) is 0 Å². The van der Waals surface area contributed by atoms with Gasteiger partial charge in [0.1, 0.15) is 13.2 Å². The van der Waals surface area contributed by atoms with E-state index >= 15 is 0 Å². The fourth-order valence-electron chi connectivity index (χ4n) is 2.27. The molecule has 0 unspecified atom stereocenters. The Morgan fingerprint density at radius 3 is 2.22 bits per heavy atom. The van der Waals surface area contributed by atoms with E-state index in [0.29, 0.717) is 22.8 Å². The molecule has 0 aliphatic rings. The van der Waals surface area contributed by atoms with Gasteiger partial charge in [0, 0.05) is 6.08 Å². The van der Waals surface area contributed by atoms with Gasteiger partial charge in [0.05, 0.1) is 21.3 Å². The Morgan fingerprint density at radius 1 is 0.963 bits per heavy atom. The third-order valence-corrected chi connectivity index (χ3v) is 3.52. The van der Waals surface area contributed by atoms with Crippen molar-refractivity contribution >= 4 is 12.0 Å². The first-order chi connectivity index (χ1) is 13.1. The summed E-state index contributed by atoms with van der Waals surface area (Å²) in [4.78, 5) is 11.8. The van der Waals surface area contributed by atoms with E-state index in [0.717, 1.165) is 0 Å². The number of benzene rings is 2. The van der Waals surface area contributed by atoms with Crippen LogP contribution < -0.4 is 18.9 Å². The molecule has 0 fully saturated rings. The van der Waals surface area contributed by atoms with Crippen molar-refractivity contribution < 1.29 is 32.9 Å². The number of carbonyl (C=O) groups is 1. The second-order valence-electron chi connectivity index (χ2n) is 5.24. The summed E-state index contributed by atoms with van der Waals surface area (Å²) in [5.74, 6) is 0.504. The molecule has 0 atom stereocenters. The number of hydrogen-bond donors (Lipinski definition) is 0. The second-order valence-corrected chi connectivity index (χ2v) is 5.24. The normalized spacial score (nSPS) is 10.5. The monoisotopic (exact) mass is 376 g/mol. The summed E-state index contributed by atoms with van der Waals surface area (Å²) in [5, 5.41) is 0. The van der Waals surface area contributed by atoms with Crippen LogP contribution in [-0.2, 0) is 9.53 Å². The molecule has 2 rings (SSSR count). The molecule has 0 radical (unpaired) electrons. The predicted octanol–water partition coefficient (Wildman–Crippen LogP) is 3.49. The molecule has 0 amide bonds. The zero-order valence-corrected chi connectivity index (χ0v) is 15.4. The summed E-state index contributed by atoms with van der Waals surface area (Å²) in [6.45, 7) is 0.0391. The van der Waals surface area contributed by atoms with Gasteiger partial charge in [-0.25, -0.2) is 9.18 Å². The zero-order valence-electron chi connectivity index (χ0n) is 15.4. The molecule has 2 aromatic rings. The minimum Gasteiger partial charge on any atom is -0.493 e. The number of carbonyl (C=O) groups excluding carboxylic acids is 1. The van der Waals surface area contributed by atoms with Gasteiger partial charge in [-0.15, -0.1) is 0 Å². The summed E-state index contributed by atoms with van der Waals surface area (Å²) in [7, 11) is 4.53. The molecular weight excluding hydrogens is 355 g/mol. The molecule has 0 saturated carbocycles. The number of rotatable bonds is 9. The van der Waals surface area contributed by atoms with Crippen LogP contribution in [0.1, 0.15) is 5.56 Å². The smallest absolute Gasteiger partial charge is 0.330 e. The summed E-state index contributed by atoms with van der Waals surface area (Å²) in [5.41, 5.74) is 0.670. The average Bonchev–Trinajstić information content (AvgIpc) is 2.69. The lowest BCUT2D eigenvalue weighted by Crippen LogP contribution is -2.10. The molecule has 0 aliphatic heterocycles. The molecule has 0 N–H and O–H groups in total. The first-order valence-corrected chi connectivity index (χ1v) is 8.11. The standard InChI is InChI=1S/C20H21FO6/c1-23-17-12-14(13-18(24-2)20(17)25-3)8-9-19(22)27-11-10-26-16-7-5-4-6-15(16)21/h4-9,12-13H,10-11H2,1-3H3. The Balaban J connectivity index is 1.90. The van der Waals surface area contributed by atoms with Crippen molar-refractivity contribution in [2.75, 3.05) is 34.5 Å². The van der Waals surface area contributed by atoms with E-state index in [2.05, 4.69) is 0 Å². The molecule has 7 heteroatoms. The number of esters is 1. The van der Waals surface area contributed by atoms with Gasteiger partial charge in [-0.1, -0.05) is 12.1 Å². The number of hydrogen-bond acceptors (Lipinski definition) is 6. The summed E-state index contributed by atoms with van der Waals surface area (Å²) >= 11 is 0. The molecule has 27 heavy (non-hydrogen) atoms. The topological polar surface area (TPSA) is 63.2 Å². The van der Waals surface area contributed by atoms with Gasteiger partial charge >= 0.3 is 5.97 Å². The highest BCUT2D eigenvalue weighted by atomic mass is 19.1. The van der Waals surface area contributed by atoms with E-state index < -0.39 is 11.8 Å².